The molecule has 100 valence electrons. The SMILES string of the molecule is CCC[C@@H](C)C(=O)[C@H](C#N)C(=O)N1CCSCC1. The van der Waals surface area contributed by atoms with E-state index in [1.54, 1.807) is 23.6 Å². The molecule has 0 aromatic heterocycles. The van der Waals surface area contributed by atoms with Crippen LogP contribution < -0.4 is 0 Å². The molecule has 0 radical (unpaired) electrons. The van der Waals surface area contributed by atoms with E-state index in [0.717, 1.165) is 24.3 Å². The van der Waals surface area contributed by atoms with Crippen LogP contribution in [0.15, 0.2) is 0 Å². The summed E-state index contributed by atoms with van der Waals surface area (Å²) in [6, 6.07) is 1.89. The minimum absolute atomic E-state index is 0.206. The van der Waals surface area contributed by atoms with E-state index >= 15 is 0 Å². The summed E-state index contributed by atoms with van der Waals surface area (Å²) < 4.78 is 0. The van der Waals surface area contributed by atoms with Crippen molar-refractivity contribution >= 4 is 23.5 Å². The molecule has 0 aromatic carbocycles. The van der Waals surface area contributed by atoms with Gasteiger partial charge in [0.2, 0.25) is 5.91 Å². The quantitative estimate of drug-likeness (QED) is 0.712. The number of thioether (sulfide) groups is 1. The van der Waals surface area contributed by atoms with Gasteiger partial charge in [-0.25, -0.2) is 0 Å². The summed E-state index contributed by atoms with van der Waals surface area (Å²) in [5, 5.41) is 9.09. The number of hydrogen-bond donors (Lipinski definition) is 0. The number of carbonyl (C=O) groups is 2. The van der Waals surface area contributed by atoms with Crippen molar-refractivity contribution in [2.24, 2.45) is 11.8 Å². The first kappa shape index (κ1) is 15.0. The maximum absolute atomic E-state index is 12.2. The average Bonchev–Trinajstić information content (AvgIpc) is 2.40. The zero-order chi connectivity index (χ0) is 13.5. The van der Waals surface area contributed by atoms with Crippen LogP contribution in [0.4, 0.5) is 0 Å². The zero-order valence-electron chi connectivity index (χ0n) is 11.0. The smallest absolute Gasteiger partial charge is 0.247 e. The second kappa shape index (κ2) is 7.42. The third-order valence-corrected chi connectivity index (χ3v) is 4.13. The molecular weight excluding hydrogens is 248 g/mol. The van der Waals surface area contributed by atoms with Crippen LogP contribution in [0, 0.1) is 23.2 Å². The summed E-state index contributed by atoms with van der Waals surface area (Å²) in [6.07, 6.45) is 1.62. The first-order chi connectivity index (χ1) is 8.61. The van der Waals surface area contributed by atoms with Gasteiger partial charge in [-0.2, -0.15) is 17.0 Å². The summed E-state index contributed by atoms with van der Waals surface area (Å²) in [4.78, 5) is 25.9. The molecule has 1 aliphatic heterocycles. The lowest BCUT2D eigenvalue weighted by Crippen LogP contribution is -2.44. The highest BCUT2D eigenvalue weighted by Crippen LogP contribution is 2.17. The number of ketones is 1. The van der Waals surface area contributed by atoms with Gasteiger partial charge in [0.15, 0.2) is 11.7 Å². The van der Waals surface area contributed by atoms with Crippen molar-refractivity contribution in [1.29, 1.82) is 5.26 Å². The fourth-order valence-corrected chi connectivity index (χ4v) is 2.97. The van der Waals surface area contributed by atoms with E-state index in [1.807, 2.05) is 13.0 Å². The number of Topliss-reactive ketones (excluding diaryl/α,β-unsaturated/α-hetero) is 1. The first-order valence-corrected chi connectivity index (χ1v) is 7.57. The first-order valence-electron chi connectivity index (χ1n) is 6.41. The predicted molar refractivity (Wildman–Crippen MR) is 72.1 cm³/mol. The Labute approximate surface area is 113 Å². The third-order valence-electron chi connectivity index (χ3n) is 3.19. The highest BCUT2D eigenvalue weighted by molar-refractivity contribution is 7.99. The molecule has 0 N–H and O–H groups in total. The molecule has 4 nitrogen and oxygen atoms in total. The lowest BCUT2D eigenvalue weighted by atomic mass is 9.91. The summed E-state index contributed by atoms with van der Waals surface area (Å²) in [7, 11) is 0. The standard InChI is InChI=1S/C13H20N2O2S/c1-3-4-10(2)12(16)11(9-14)13(17)15-5-7-18-8-6-15/h10-11H,3-8H2,1-2H3/t10-,11+/m1/s1. The van der Waals surface area contributed by atoms with Crippen LogP contribution in [0.1, 0.15) is 26.7 Å². The van der Waals surface area contributed by atoms with E-state index in [2.05, 4.69) is 0 Å². The maximum Gasteiger partial charge on any atom is 0.247 e. The average molecular weight is 268 g/mol. The highest BCUT2D eigenvalue weighted by Gasteiger charge is 2.33. The Morgan fingerprint density at radius 1 is 1.39 bits per heavy atom. The van der Waals surface area contributed by atoms with Crippen molar-refractivity contribution in [3.8, 4) is 6.07 Å². The Balaban J connectivity index is 2.67. The molecule has 0 spiro atoms. The maximum atomic E-state index is 12.2. The number of nitriles is 1. The van der Waals surface area contributed by atoms with E-state index < -0.39 is 5.92 Å². The molecule has 5 heteroatoms. The van der Waals surface area contributed by atoms with Crippen molar-refractivity contribution in [1.82, 2.24) is 4.90 Å². The van der Waals surface area contributed by atoms with Gasteiger partial charge in [-0.3, -0.25) is 9.59 Å². The van der Waals surface area contributed by atoms with Crippen LogP contribution >= 0.6 is 11.8 Å². The van der Waals surface area contributed by atoms with Crippen molar-refractivity contribution < 1.29 is 9.59 Å². The number of hydrogen-bond acceptors (Lipinski definition) is 4. The van der Waals surface area contributed by atoms with Gasteiger partial charge in [0, 0.05) is 30.5 Å². The fraction of sp³-hybridized carbons (Fsp3) is 0.769. The Morgan fingerprint density at radius 3 is 2.50 bits per heavy atom. The van der Waals surface area contributed by atoms with Crippen molar-refractivity contribution in [3.63, 3.8) is 0 Å². The summed E-state index contributed by atoms with van der Waals surface area (Å²) in [5.41, 5.74) is 0. The third kappa shape index (κ3) is 3.74. The normalized spacial score (nSPS) is 18.8. The molecular formula is C13H20N2O2S. The molecule has 18 heavy (non-hydrogen) atoms. The molecule has 0 aromatic rings. The predicted octanol–water partition coefficient (Wildman–Crippen LogP) is 1.71. The van der Waals surface area contributed by atoms with Crippen LogP contribution in [0.2, 0.25) is 0 Å². The molecule has 0 bridgehead atoms. The lowest BCUT2D eigenvalue weighted by Gasteiger charge is -2.28. The van der Waals surface area contributed by atoms with Crippen LogP contribution in [0.3, 0.4) is 0 Å². The minimum atomic E-state index is -1.10. The fourth-order valence-electron chi connectivity index (χ4n) is 2.07. The molecule has 0 unspecified atom stereocenters. The number of carbonyl (C=O) groups excluding carboxylic acids is 2. The molecule has 2 atom stereocenters. The van der Waals surface area contributed by atoms with Crippen LogP contribution in [-0.4, -0.2) is 41.2 Å². The molecule has 0 aliphatic carbocycles. The molecule has 1 heterocycles. The van der Waals surface area contributed by atoms with Gasteiger partial charge in [0.25, 0.3) is 0 Å². The molecule has 1 fully saturated rings. The second-order valence-corrected chi connectivity index (χ2v) is 5.82. The van der Waals surface area contributed by atoms with Crippen LogP contribution in [0.5, 0.6) is 0 Å². The monoisotopic (exact) mass is 268 g/mol. The summed E-state index contributed by atoms with van der Waals surface area (Å²) in [6.45, 7) is 5.10. The lowest BCUT2D eigenvalue weighted by molar-refractivity contribution is -0.140. The Bertz CT molecular complexity index is 345. The summed E-state index contributed by atoms with van der Waals surface area (Å²) >= 11 is 1.80. The number of amides is 1. The van der Waals surface area contributed by atoms with Gasteiger partial charge >= 0.3 is 0 Å². The van der Waals surface area contributed by atoms with E-state index in [0.29, 0.717) is 13.1 Å². The minimum Gasteiger partial charge on any atom is -0.340 e. The number of rotatable bonds is 5. The van der Waals surface area contributed by atoms with Gasteiger partial charge in [-0.15, -0.1) is 0 Å². The Hall–Kier alpha value is -1.02. The van der Waals surface area contributed by atoms with Crippen molar-refractivity contribution in [2.75, 3.05) is 24.6 Å². The topological polar surface area (TPSA) is 61.2 Å². The van der Waals surface area contributed by atoms with Crippen molar-refractivity contribution in [3.05, 3.63) is 0 Å². The Morgan fingerprint density at radius 2 is 2.00 bits per heavy atom. The molecule has 1 saturated heterocycles. The largest absolute Gasteiger partial charge is 0.340 e. The van der Waals surface area contributed by atoms with Gasteiger partial charge in [-0.1, -0.05) is 20.3 Å². The Kier molecular flexibility index (Phi) is 6.20. The van der Waals surface area contributed by atoms with E-state index in [1.165, 1.54) is 0 Å². The van der Waals surface area contributed by atoms with Gasteiger partial charge in [0.05, 0.1) is 6.07 Å². The molecule has 0 saturated carbocycles. The molecule has 1 rings (SSSR count). The number of nitrogens with zero attached hydrogens (tertiary/aromatic N) is 2. The molecule has 1 amide bonds. The van der Waals surface area contributed by atoms with Crippen molar-refractivity contribution in [2.45, 2.75) is 26.7 Å². The van der Waals surface area contributed by atoms with Gasteiger partial charge in [0.1, 0.15) is 0 Å². The van der Waals surface area contributed by atoms with E-state index in [9.17, 15) is 9.59 Å². The van der Waals surface area contributed by atoms with E-state index in [-0.39, 0.29) is 17.6 Å². The van der Waals surface area contributed by atoms with Gasteiger partial charge in [-0.05, 0) is 6.42 Å². The zero-order valence-corrected chi connectivity index (χ0v) is 11.8. The van der Waals surface area contributed by atoms with Gasteiger partial charge < -0.3 is 4.90 Å². The second-order valence-electron chi connectivity index (χ2n) is 4.59. The van der Waals surface area contributed by atoms with Crippen LogP contribution in [0.25, 0.3) is 0 Å². The molecule has 1 aliphatic rings. The van der Waals surface area contributed by atoms with Crippen LogP contribution in [-0.2, 0) is 9.59 Å². The highest BCUT2D eigenvalue weighted by atomic mass is 32.2. The van der Waals surface area contributed by atoms with E-state index in [4.69, 9.17) is 5.26 Å². The summed E-state index contributed by atoms with van der Waals surface area (Å²) in [5.74, 6) is -0.0451.